The van der Waals surface area contributed by atoms with Crippen LogP contribution in [0, 0.1) is 0 Å². The summed E-state index contributed by atoms with van der Waals surface area (Å²) in [7, 11) is 1.67. The van der Waals surface area contributed by atoms with Crippen molar-refractivity contribution in [3.63, 3.8) is 0 Å². The standard InChI is InChI=1S/C23H26N6OS/c1-30-19-8-6-18(7-9-19)29-22(26-27-28-29)23(11-14-31-15-12-23)25-13-10-17-16-24-21-5-3-2-4-20(17)21/h2-9,16,24-25H,10-15H2,1H3. The van der Waals surface area contributed by atoms with Gasteiger partial charge in [-0.2, -0.15) is 16.4 Å². The minimum Gasteiger partial charge on any atom is -0.497 e. The molecule has 0 aliphatic carbocycles. The van der Waals surface area contributed by atoms with E-state index in [0.29, 0.717) is 0 Å². The number of fused-ring (bicyclic) bond motifs is 1. The first-order valence-electron chi connectivity index (χ1n) is 10.6. The van der Waals surface area contributed by atoms with Crippen LogP contribution in [-0.4, -0.2) is 50.4 Å². The lowest BCUT2D eigenvalue weighted by atomic mass is 9.90. The molecule has 31 heavy (non-hydrogen) atoms. The van der Waals surface area contributed by atoms with Crippen molar-refractivity contribution in [3.05, 3.63) is 66.1 Å². The van der Waals surface area contributed by atoms with Crippen LogP contribution in [0.25, 0.3) is 16.6 Å². The second-order valence-electron chi connectivity index (χ2n) is 7.84. The molecule has 2 aromatic carbocycles. The molecule has 0 unspecified atom stereocenters. The molecule has 0 atom stereocenters. The summed E-state index contributed by atoms with van der Waals surface area (Å²) in [5.41, 5.74) is 3.22. The number of ether oxygens (including phenoxy) is 1. The van der Waals surface area contributed by atoms with Crippen LogP contribution in [0.5, 0.6) is 5.75 Å². The molecule has 3 heterocycles. The maximum atomic E-state index is 5.29. The Kier molecular flexibility index (Phi) is 5.65. The number of methoxy groups -OCH3 is 1. The Morgan fingerprint density at radius 3 is 2.74 bits per heavy atom. The van der Waals surface area contributed by atoms with Crippen molar-refractivity contribution in [2.75, 3.05) is 25.2 Å². The van der Waals surface area contributed by atoms with E-state index >= 15 is 0 Å². The molecule has 0 amide bonds. The van der Waals surface area contributed by atoms with E-state index in [1.165, 1.54) is 16.5 Å². The van der Waals surface area contributed by atoms with Gasteiger partial charge in [0.1, 0.15) is 5.75 Å². The van der Waals surface area contributed by atoms with E-state index in [-0.39, 0.29) is 5.54 Å². The molecule has 5 rings (SSSR count). The Morgan fingerprint density at radius 2 is 1.94 bits per heavy atom. The zero-order chi connectivity index (χ0) is 21.1. The van der Waals surface area contributed by atoms with E-state index in [2.05, 4.69) is 56.3 Å². The molecule has 0 spiro atoms. The first-order chi connectivity index (χ1) is 15.3. The van der Waals surface area contributed by atoms with Crippen LogP contribution in [0.3, 0.4) is 0 Å². The predicted molar refractivity (Wildman–Crippen MR) is 124 cm³/mol. The minimum atomic E-state index is -0.235. The second kappa shape index (κ2) is 8.72. The molecular formula is C23H26N6OS. The van der Waals surface area contributed by atoms with Crippen LogP contribution in [-0.2, 0) is 12.0 Å². The molecule has 8 heteroatoms. The minimum absolute atomic E-state index is 0.235. The van der Waals surface area contributed by atoms with E-state index in [1.807, 2.05) is 40.7 Å². The van der Waals surface area contributed by atoms with Gasteiger partial charge < -0.3 is 15.0 Å². The number of nitrogens with one attached hydrogen (secondary N) is 2. The summed E-state index contributed by atoms with van der Waals surface area (Å²) in [6.45, 7) is 0.863. The SMILES string of the molecule is COc1ccc(-n2nnnc2C2(NCCc3c[nH]c4ccccc34)CCSCC2)cc1. The van der Waals surface area contributed by atoms with Crippen molar-refractivity contribution in [2.45, 2.75) is 24.8 Å². The number of rotatable bonds is 7. The van der Waals surface area contributed by atoms with Gasteiger partial charge in [-0.15, -0.1) is 5.10 Å². The summed E-state index contributed by atoms with van der Waals surface area (Å²) >= 11 is 1.99. The van der Waals surface area contributed by atoms with Gasteiger partial charge in [-0.1, -0.05) is 18.2 Å². The van der Waals surface area contributed by atoms with Gasteiger partial charge in [0.15, 0.2) is 5.82 Å². The summed E-state index contributed by atoms with van der Waals surface area (Å²) < 4.78 is 7.16. The van der Waals surface area contributed by atoms with Crippen LogP contribution < -0.4 is 10.1 Å². The number of hydrogen-bond donors (Lipinski definition) is 2. The largest absolute Gasteiger partial charge is 0.497 e. The number of thioether (sulfide) groups is 1. The lowest BCUT2D eigenvalue weighted by Gasteiger charge is -2.36. The summed E-state index contributed by atoms with van der Waals surface area (Å²) in [4.78, 5) is 3.38. The Labute approximate surface area is 185 Å². The highest BCUT2D eigenvalue weighted by molar-refractivity contribution is 7.99. The first-order valence-corrected chi connectivity index (χ1v) is 11.8. The lowest BCUT2D eigenvalue weighted by molar-refractivity contribution is 0.285. The maximum absolute atomic E-state index is 5.29. The van der Waals surface area contributed by atoms with Crippen LogP contribution in [0.2, 0.25) is 0 Å². The highest BCUT2D eigenvalue weighted by Gasteiger charge is 2.39. The number of H-pyrrole nitrogens is 1. The number of tetrazole rings is 1. The molecule has 2 N–H and O–H groups in total. The average Bonchev–Trinajstić information content (AvgIpc) is 3.48. The lowest BCUT2D eigenvalue weighted by Crippen LogP contribution is -2.48. The van der Waals surface area contributed by atoms with E-state index in [0.717, 1.165) is 54.6 Å². The molecule has 160 valence electrons. The first kappa shape index (κ1) is 20.1. The number of benzene rings is 2. The quantitative estimate of drug-likeness (QED) is 0.462. The summed E-state index contributed by atoms with van der Waals surface area (Å²) in [6, 6.07) is 16.3. The Balaban J connectivity index is 1.40. The number of hydrogen-bond acceptors (Lipinski definition) is 6. The molecule has 0 radical (unpaired) electrons. The highest BCUT2D eigenvalue weighted by atomic mass is 32.2. The van der Waals surface area contributed by atoms with E-state index < -0.39 is 0 Å². The summed E-state index contributed by atoms with van der Waals surface area (Å²) in [5.74, 6) is 3.89. The van der Waals surface area contributed by atoms with Gasteiger partial charge in [0.2, 0.25) is 0 Å². The number of nitrogens with zero attached hydrogens (tertiary/aromatic N) is 4. The zero-order valence-corrected chi connectivity index (χ0v) is 18.4. The van der Waals surface area contributed by atoms with E-state index in [4.69, 9.17) is 4.74 Å². The van der Waals surface area contributed by atoms with E-state index in [1.54, 1.807) is 7.11 Å². The van der Waals surface area contributed by atoms with E-state index in [9.17, 15) is 0 Å². The molecule has 1 aliphatic heterocycles. The number of aromatic nitrogens is 5. The third kappa shape index (κ3) is 3.93. The van der Waals surface area contributed by atoms with Crippen molar-refractivity contribution in [1.82, 2.24) is 30.5 Å². The molecule has 7 nitrogen and oxygen atoms in total. The molecular weight excluding hydrogens is 408 g/mol. The summed E-state index contributed by atoms with van der Waals surface area (Å²) in [5, 5.41) is 18.0. The Morgan fingerprint density at radius 1 is 1.13 bits per heavy atom. The van der Waals surface area contributed by atoms with Crippen molar-refractivity contribution < 1.29 is 4.74 Å². The van der Waals surface area contributed by atoms with Crippen LogP contribution in [0.4, 0.5) is 0 Å². The van der Waals surface area contributed by atoms with Crippen molar-refractivity contribution in [2.24, 2.45) is 0 Å². The number of para-hydroxylation sites is 1. The molecule has 4 aromatic rings. The van der Waals surface area contributed by atoms with Gasteiger partial charge in [-0.3, -0.25) is 0 Å². The zero-order valence-electron chi connectivity index (χ0n) is 17.5. The number of aromatic amines is 1. The normalized spacial score (nSPS) is 15.9. The topological polar surface area (TPSA) is 80.7 Å². The van der Waals surface area contributed by atoms with Crippen molar-refractivity contribution in [1.29, 1.82) is 0 Å². The van der Waals surface area contributed by atoms with Gasteiger partial charge in [0, 0.05) is 23.6 Å². The molecule has 1 fully saturated rings. The van der Waals surface area contributed by atoms with Gasteiger partial charge in [0.05, 0.1) is 18.3 Å². The van der Waals surface area contributed by atoms with Crippen LogP contribution >= 0.6 is 11.8 Å². The Bertz CT molecular complexity index is 1150. The second-order valence-corrected chi connectivity index (χ2v) is 9.07. The van der Waals surface area contributed by atoms with Crippen molar-refractivity contribution in [3.8, 4) is 11.4 Å². The van der Waals surface area contributed by atoms with Crippen LogP contribution in [0.1, 0.15) is 24.2 Å². The maximum Gasteiger partial charge on any atom is 0.176 e. The highest BCUT2D eigenvalue weighted by Crippen LogP contribution is 2.35. The van der Waals surface area contributed by atoms with Gasteiger partial charge in [-0.05, 0) is 77.1 Å². The van der Waals surface area contributed by atoms with Gasteiger partial charge >= 0.3 is 0 Å². The fourth-order valence-corrected chi connectivity index (χ4v) is 5.55. The summed E-state index contributed by atoms with van der Waals surface area (Å²) in [6.07, 6.45) is 5.07. The molecule has 0 saturated carbocycles. The Hall–Kier alpha value is -2.84. The molecule has 1 aliphatic rings. The molecule has 0 bridgehead atoms. The fourth-order valence-electron chi connectivity index (χ4n) is 4.36. The molecule has 2 aromatic heterocycles. The smallest absolute Gasteiger partial charge is 0.176 e. The monoisotopic (exact) mass is 434 g/mol. The third-order valence-electron chi connectivity index (χ3n) is 6.09. The van der Waals surface area contributed by atoms with Crippen LogP contribution in [0.15, 0.2) is 54.7 Å². The average molecular weight is 435 g/mol. The predicted octanol–water partition coefficient (Wildman–Crippen LogP) is 3.71. The fraction of sp³-hybridized carbons (Fsp3) is 0.348. The molecule has 1 saturated heterocycles. The van der Waals surface area contributed by atoms with Gasteiger partial charge in [-0.25, -0.2) is 0 Å². The van der Waals surface area contributed by atoms with Crippen molar-refractivity contribution >= 4 is 22.7 Å². The van der Waals surface area contributed by atoms with Gasteiger partial charge in [0.25, 0.3) is 0 Å². The third-order valence-corrected chi connectivity index (χ3v) is 7.08.